The van der Waals surface area contributed by atoms with Gasteiger partial charge >= 0.3 is 0 Å². The van der Waals surface area contributed by atoms with Crippen molar-refractivity contribution in [3.05, 3.63) is 0 Å². The highest BCUT2D eigenvalue weighted by molar-refractivity contribution is 8.32. The Morgan fingerprint density at radius 2 is 1.50 bits per heavy atom. The molecule has 0 amide bonds. The van der Waals surface area contributed by atoms with Gasteiger partial charge in [0.25, 0.3) is 0 Å². The first-order valence-electron chi connectivity index (χ1n) is 7.05. The van der Waals surface area contributed by atoms with Crippen LogP contribution in [-0.2, 0) is 4.79 Å². The van der Waals surface area contributed by atoms with E-state index < -0.39 is 6.61 Å². The molecule has 0 aromatic rings. The minimum atomic E-state index is -0.414. The van der Waals surface area contributed by atoms with Crippen LogP contribution in [0.3, 0.4) is 0 Å². The van der Waals surface area contributed by atoms with E-state index in [1.807, 2.05) is 0 Å². The molecule has 2 nitrogen and oxygen atoms in total. The summed E-state index contributed by atoms with van der Waals surface area (Å²) in [7, 11) is 0. The monoisotopic (exact) mass is 290 g/mol. The lowest BCUT2D eigenvalue weighted by Gasteiger charge is -2.03. The number of rotatable bonds is 11. The summed E-state index contributed by atoms with van der Waals surface area (Å²) in [5.41, 5.74) is 0. The Balaban J connectivity index is 3.20. The lowest BCUT2D eigenvalue weighted by Crippen LogP contribution is -2.01. The summed E-state index contributed by atoms with van der Waals surface area (Å²) in [6, 6.07) is 0. The van der Waals surface area contributed by atoms with Crippen molar-refractivity contribution in [3.63, 3.8) is 0 Å². The van der Waals surface area contributed by atoms with Crippen LogP contribution in [0, 0.1) is 0 Å². The molecule has 1 N–H and O–H groups in total. The molecule has 0 spiro atoms. The van der Waals surface area contributed by atoms with Crippen molar-refractivity contribution >= 4 is 33.3 Å². The van der Waals surface area contributed by atoms with Crippen molar-refractivity contribution in [2.24, 2.45) is 0 Å². The molecular weight excluding hydrogens is 264 g/mol. The van der Waals surface area contributed by atoms with Crippen molar-refractivity contribution in [1.82, 2.24) is 0 Å². The Kier molecular flexibility index (Phi) is 13.6. The van der Waals surface area contributed by atoms with Gasteiger partial charge < -0.3 is 5.11 Å². The topological polar surface area (TPSA) is 37.3 Å². The van der Waals surface area contributed by atoms with E-state index >= 15 is 0 Å². The van der Waals surface area contributed by atoms with Gasteiger partial charge in [0.1, 0.15) is 6.61 Å². The summed E-state index contributed by atoms with van der Waals surface area (Å²) in [6.45, 7) is 1.82. The van der Waals surface area contributed by atoms with Crippen molar-refractivity contribution in [3.8, 4) is 0 Å². The summed E-state index contributed by atoms with van der Waals surface area (Å²) in [6.07, 6.45) is 12.4. The molecule has 4 heteroatoms. The van der Waals surface area contributed by atoms with Crippen LogP contribution in [0.5, 0.6) is 0 Å². The van der Waals surface area contributed by atoms with Crippen LogP contribution in [0.15, 0.2) is 0 Å². The zero-order valence-electron chi connectivity index (χ0n) is 11.5. The molecule has 0 aliphatic heterocycles. The number of unbranched alkanes of at least 4 members (excludes halogenated alkanes) is 8. The molecule has 18 heavy (non-hydrogen) atoms. The average molecular weight is 290 g/mol. The second kappa shape index (κ2) is 13.5. The van der Waals surface area contributed by atoms with Crippen LogP contribution in [0.1, 0.15) is 71.1 Å². The van der Waals surface area contributed by atoms with E-state index in [1.54, 1.807) is 0 Å². The molecule has 0 radical (unpaired) electrons. The fourth-order valence-corrected chi connectivity index (χ4v) is 2.78. The zero-order valence-corrected chi connectivity index (χ0v) is 13.1. The smallest absolute Gasteiger partial charge is 0.219 e. The van der Waals surface area contributed by atoms with Gasteiger partial charge in [0, 0.05) is 0 Å². The SMILES string of the molecule is CCCCCCCCCCCC(=S)SC(=O)CO. The molecule has 0 aromatic heterocycles. The highest BCUT2D eigenvalue weighted by atomic mass is 32.2. The summed E-state index contributed by atoms with van der Waals surface area (Å²) < 4.78 is 0.719. The second-order valence-electron chi connectivity index (χ2n) is 4.58. The number of hydrogen-bond acceptors (Lipinski definition) is 4. The van der Waals surface area contributed by atoms with Crippen LogP contribution in [0.25, 0.3) is 0 Å². The summed E-state index contributed by atoms with van der Waals surface area (Å²) in [5.74, 6) is 0. The third kappa shape index (κ3) is 12.5. The molecule has 0 bridgehead atoms. The zero-order chi connectivity index (χ0) is 13.6. The Morgan fingerprint density at radius 1 is 1.00 bits per heavy atom. The first-order valence-corrected chi connectivity index (χ1v) is 8.27. The van der Waals surface area contributed by atoms with E-state index in [2.05, 4.69) is 6.92 Å². The first-order chi connectivity index (χ1) is 8.70. The highest BCUT2D eigenvalue weighted by Crippen LogP contribution is 2.15. The van der Waals surface area contributed by atoms with Crippen LogP contribution < -0.4 is 0 Å². The van der Waals surface area contributed by atoms with Gasteiger partial charge in [-0.2, -0.15) is 0 Å². The summed E-state index contributed by atoms with van der Waals surface area (Å²) >= 11 is 6.10. The van der Waals surface area contributed by atoms with Gasteiger partial charge in [0.15, 0.2) is 0 Å². The standard InChI is InChI=1S/C14H26O2S2/c1-2-3-4-5-6-7-8-9-10-11-14(17)18-13(16)12-15/h15H,2-12H2,1H3. The first kappa shape index (κ1) is 18.1. The van der Waals surface area contributed by atoms with Crippen molar-refractivity contribution in [2.45, 2.75) is 71.1 Å². The lowest BCUT2D eigenvalue weighted by atomic mass is 10.1. The number of aliphatic hydroxyl groups excluding tert-OH is 1. The van der Waals surface area contributed by atoms with E-state index in [-0.39, 0.29) is 5.12 Å². The minimum Gasteiger partial charge on any atom is -0.388 e. The molecule has 0 heterocycles. The molecule has 0 aliphatic carbocycles. The molecule has 0 atom stereocenters. The van der Waals surface area contributed by atoms with E-state index in [4.69, 9.17) is 17.3 Å². The number of carbonyl (C=O) groups excluding carboxylic acids is 1. The Morgan fingerprint density at radius 3 is 2.00 bits per heavy atom. The van der Waals surface area contributed by atoms with E-state index in [1.165, 1.54) is 51.4 Å². The quantitative estimate of drug-likeness (QED) is 0.449. The molecule has 0 saturated carbocycles. The molecule has 0 aliphatic rings. The van der Waals surface area contributed by atoms with Gasteiger partial charge in [0.05, 0.1) is 4.20 Å². The number of aliphatic hydroxyl groups is 1. The van der Waals surface area contributed by atoms with Crippen molar-refractivity contribution in [2.75, 3.05) is 6.61 Å². The molecule has 0 saturated heterocycles. The molecule has 0 fully saturated rings. The number of hydrogen-bond donors (Lipinski definition) is 1. The van der Waals surface area contributed by atoms with Crippen molar-refractivity contribution in [1.29, 1.82) is 0 Å². The fourth-order valence-electron chi connectivity index (χ4n) is 1.79. The average Bonchev–Trinajstić information content (AvgIpc) is 2.36. The fraction of sp³-hybridized carbons (Fsp3) is 0.857. The molecule has 0 aromatic carbocycles. The van der Waals surface area contributed by atoms with Gasteiger partial charge in [-0.25, -0.2) is 0 Å². The van der Waals surface area contributed by atoms with Crippen LogP contribution >= 0.6 is 24.0 Å². The highest BCUT2D eigenvalue weighted by Gasteiger charge is 2.05. The number of thiocarbonyl (C=S) groups is 1. The molecule has 0 rings (SSSR count). The van der Waals surface area contributed by atoms with E-state index in [0.29, 0.717) is 0 Å². The van der Waals surface area contributed by atoms with Crippen LogP contribution in [-0.4, -0.2) is 21.0 Å². The van der Waals surface area contributed by atoms with Crippen LogP contribution in [0.2, 0.25) is 0 Å². The molecule has 106 valence electrons. The summed E-state index contributed by atoms with van der Waals surface area (Å²) in [4.78, 5) is 10.9. The minimum absolute atomic E-state index is 0.240. The predicted octanol–water partition coefficient (Wildman–Crippen LogP) is 4.49. The van der Waals surface area contributed by atoms with Gasteiger partial charge in [-0.15, -0.1) is 0 Å². The second-order valence-corrected chi connectivity index (χ2v) is 6.49. The van der Waals surface area contributed by atoms with Gasteiger partial charge in [0.2, 0.25) is 5.12 Å². The maximum atomic E-state index is 10.9. The lowest BCUT2D eigenvalue weighted by molar-refractivity contribution is -0.113. The van der Waals surface area contributed by atoms with E-state index in [9.17, 15) is 4.79 Å². The number of carbonyl (C=O) groups is 1. The Labute approximate surface area is 121 Å². The summed E-state index contributed by atoms with van der Waals surface area (Å²) in [5, 5.41) is 8.34. The molecular formula is C14H26O2S2. The van der Waals surface area contributed by atoms with Gasteiger partial charge in [-0.3, -0.25) is 4.79 Å². The largest absolute Gasteiger partial charge is 0.388 e. The van der Waals surface area contributed by atoms with Crippen LogP contribution in [0.4, 0.5) is 0 Å². The number of thioether (sulfide) groups is 1. The Bertz CT molecular complexity index is 230. The third-order valence-corrected chi connectivity index (χ3v) is 4.08. The maximum absolute atomic E-state index is 10.9. The van der Waals surface area contributed by atoms with Crippen molar-refractivity contribution < 1.29 is 9.90 Å². The van der Waals surface area contributed by atoms with E-state index in [0.717, 1.165) is 28.8 Å². The van der Waals surface area contributed by atoms with Gasteiger partial charge in [-0.1, -0.05) is 70.5 Å². The Hall–Kier alpha value is 0.0700. The normalized spacial score (nSPS) is 10.6. The van der Waals surface area contributed by atoms with Gasteiger partial charge in [-0.05, 0) is 24.6 Å². The predicted molar refractivity (Wildman–Crippen MR) is 84.1 cm³/mol. The third-order valence-electron chi connectivity index (χ3n) is 2.84. The molecule has 0 unspecified atom stereocenters. The maximum Gasteiger partial charge on any atom is 0.219 e.